The van der Waals surface area contributed by atoms with Gasteiger partial charge in [0.05, 0.1) is 72.8 Å². The SMILES string of the molecule is [2H]c1c([2H])c([2H])c2c(c1[2H])c1c([2H])c([2H])c([2H])c([2H])c1n2-c1cc2c3c(c1)N(c1c(-c4ccccc4)cc4c(c1-c1ccccc1)c1ccccc1n4-c1ccccc1)c1ccc(-c4cccc(C(C)(C)C)c4)cc1C3c1ccc(-c3cc(C(C)(C)C)cc(C(C)(C)C)c3)cc1N2c1c(-c2ccccc2)cc2oc3ccccc3c2c1-c1ccccc1. The summed E-state index contributed by atoms with van der Waals surface area (Å²) in [5.41, 5.74) is 26.8. The molecule has 0 saturated heterocycles. The van der Waals surface area contributed by atoms with Crippen molar-refractivity contribution < 1.29 is 15.4 Å². The van der Waals surface area contributed by atoms with E-state index >= 15 is 0 Å². The maximum atomic E-state index is 10.4. The summed E-state index contributed by atoms with van der Waals surface area (Å²) in [5, 5.41) is 3.79. The smallest absolute Gasteiger partial charge is 0.136 e. The summed E-state index contributed by atoms with van der Waals surface area (Å²) < 4.78 is 90.5. The molecule has 2 aliphatic rings. The Labute approximate surface area is 677 Å². The molecule has 5 heteroatoms. The first kappa shape index (κ1) is 60.3. The molecular formula is C109H86N4O. The summed E-state index contributed by atoms with van der Waals surface area (Å²) in [6, 6.07) is 105. The molecule has 16 aromatic carbocycles. The Bertz CT molecular complexity index is 7490. The maximum absolute atomic E-state index is 10.4. The van der Waals surface area contributed by atoms with Crippen LogP contribution < -0.4 is 9.80 Å². The Kier molecular flexibility index (Phi) is 13.8. The summed E-state index contributed by atoms with van der Waals surface area (Å²) in [7, 11) is 0. The van der Waals surface area contributed by atoms with Gasteiger partial charge in [-0.2, -0.15) is 0 Å². The zero-order valence-electron chi connectivity index (χ0n) is 73.1. The fraction of sp³-hybridized carbons (Fsp3) is 0.119. The normalized spacial score (nSPS) is 14.5. The molecule has 19 aromatic rings. The van der Waals surface area contributed by atoms with Gasteiger partial charge in [0.1, 0.15) is 11.2 Å². The van der Waals surface area contributed by atoms with Crippen LogP contribution in [0.5, 0.6) is 0 Å². The van der Waals surface area contributed by atoms with E-state index in [1.54, 1.807) is 4.57 Å². The molecule has 0 N–H and O–H groups in total. The number of fused-ring (bicyclic) bond motifs is 13. The summed E-state index contributed by atoms with van der Waals surface area (Å²) in [4.78, 5) is 4.96. The number of furan rings is 1. The van der Waals surface area contributed by atoms with Crippen LogP contribution in [0.3, 0.4) is 0 Å². The molecule has 0 bridgehead atoms. The molecule has 2 aliphatic heterocycles. The Hall–Kier alpha value is -13.5. The van der Waals surface area contributed by atoms with Crippen LogP contribution >= 0.6 is 0 Å². The highest BCUT2D eigenvalue weighted by Gasteiger charge is 2.45. The highest BCUT2D eigenvalue weighted by molar-refractivity contribution is 6.24. The van der Waals surface area contributed by atoms with Crippen LogP contribution in [0.15, 0.2) is 356 Å². The van der Waals surface area contributed by atoms with E-state index in [1.807, 2.05) is 18.2 Å². The van der Waals surface area contributed by atoms with Gasteiger partial charge < -0.3 is 23.4 Å². The van der Waals surface area contributed by atoms with E-state index in [2.05, 4.69) is 362 Å². The minimum atomic E-state index is -0.604. The van der Waals surface area contributed by atoms with Gasteiger partial charge >= 0.3 is 0 Å². The Morgan fingerprint density at radius 2 is 0.763 bits per heavy atom. The lowest BCUT2D eigenvalue weighted by atomic mass is 9.73. The Morgan fingerprint density at radius 3 is 1.37 bits per heavy atom. The number of aromatic nitrogens is 2. The van der Waals surface area contributed by atoms with Crippen LogP contribution in [0, 0.1) is 0 Å². The van der Waals surface area contributed by atoms with E-state index in [1.165, 1.54) is 16.7 Å². The molecule has 0 spiro atoms. The second-order valence-electron chi connectivity index (χ2n) is 33.8. The van der Waals surface area contributed by atoms with E-state index in [4.69, 9.17) is 4.42 Å². The maximum Gasteiger partial charge on any atom is 0.136 e. The predicted octanol–water partition coefficient (Wildman–Crippen LogP) is 30.4. The van der Waals surface area contributed by atoms with Crippen molar-refractivity contribution in [3.05, 3.63) is 385 Å². The van der Waals surface area contributed by atoms with E-state index in [9.17, 15) is 11.0 Å². The lowest BCUT2D eigenvalue weighted by Gasteiger charge is -2.47. The van der Waals surface area contributed by atoms with Crippen LogP contribution in [0.4, 0.5) is 34.1 Å². The van der Waals surface area contributed by atoms with Crippen molar-refractivity contribution >= 4 is 99.7 Å². The fourth-order valence-electron chi connectivity index (χ4n) is 18.2. The molecular weight excluding hydrogens is 1380 g/mol. The molecule has 548 valence electrons. The van der Waals surface area contributed by atoms with Crippen molar-refractivity contribution in [2.45, 2.75) is 84.5 Å². The number of hydrogen-bond acceptors (Lipinski definition) is 3. The largest absolute Gasteiger partial charge is 0.456 e. The van der Waals surface area contributed by atoms with Crippen molar-refractivity contribution in [3.63, 3.8) is 0 Å². The van der Waals surface area contributed by atoms with Crippen molar-refractivity contribution in [3.8, 4) is 78.1 Å². The van der Waals surface area contributed by atoms with Gasteiger partial charge in [-0.05, 0) is 167 Å². The van der Waals surface area contributed by atoms with Gasteiger partial charge in [-0.1, -0.05) is 335 Å². The molecule has 0 radical (unpaired) electrons. The third kappa shape index (κ3) is 10.9. The van der Waals surface area contributed by atoms with Crippen molar-refractivity contribution in [1.82, 2.24) is 9.13 Å². The highest BCUT2D eigenvalue weighted by Crippen LogP contribution is 2.66. The van der Waals surface area contributed by atoms with Crippen LogP contribution in [0.1, 0.15) is 113 Å². The second-order valence-corrected chi connectivity index (χ2v) is 33.8. The lowest BCUT2D eigenvalue weighted by molar-refractivity contribution is 0.569. The van der Waals surface area contributed by atoms with Gasteiger partial charge in [-0.25, -0.2) is 0 Å². The molecule has 5 heterocycles. The zero-order valence-corrected chi connectivity index (χ0v) is 65.1. The molecule has 1 atom stereocenters. The molecule has 0 aliphatic carbocycles. The summed E-state index contributed by atoms with van der Waals surface area (Å²) in [6.45, 7) is 20.5. The Morgan fingerprint density at radius 1 is 0.289 bits per heavy atom. The topological polar surface area (TPSA) is 29.5 Å². The highest BCUT2D eigenvalue weighted by atomic mass is 16.3. The van der Waals surface area contributed by atoms with Gasteiger partial charge in [-0.3, -0.25) is 0 Å². The van der Waals surface area contributed by atoms with Gasteiger partial charge in [0.15, 0.2) is 0 Å². The number of benzene rings is 16. The van der Waals surface area contributed by atoms with E-state index < -0.39 is 54.3 Å². The minimum Gasteiger partial charge on any atom is -0.456 e. The number of anilines is 6. The summed E-state index contributed by atoms with van der Waals surface area (Å²) in [5.74, 6) is -0.604. The minimum absolute atomic E-state index is 0.00339. The van der Waals surface area contributed by atoms with Gasteiger partial charge in [0.25, 0.3) is 0 Å². The monoisotopic (exact) mass is 1470 g/mol. The first-order chi connectivity index (χ1) is 58.8. The molecule has 3 aromatic heterocycles. The van der Waals surface area contributed by atoms with Crippen molar-refractivity contribution in [1.29, 1.82) is 0 Å². The quantitative estimate of drug-likeness (QED) is 0.137. The summed E-state index contributed by atoms with van der Waals surface area (Å²) >= 11 is 0. The third-order valence-electron chi connectivity index (χ3n) is 23.7. The van der Waals surface area contributed by atoms with Gasteiger partial charge in [0.2, 0.25) is 0 Å². The average Bonchev–Trinajstić information content (AvgIpc) is 1.16. The first-order valence-electron chi connectivity index (χ1n) is 43.5. The van der Waals surface area contributed by atoms with E-state index in [0.717, 1.165) is 144 Å². The van der Waals surface area contributed by atoms with Crippen molar-refractivity contribution in [2.75, 3.05) is 9.80 Å². The second kappa shape index (κ2) is 26.1. The standard InChI is InChI=1S/C109H86N4O/c1-107(2,3)76-43-33-42-72(58-76)73-55-57-92-88(61-73)101-84-56-54-74(75-59-77(108(4,5)6)63-78(60-75)109(7,8)9)62-93(84)113(106-87(69-36-17-11-18-37-69)67-98-103(85-49-28-32-53-97(85)114-98)100(106)71-40-21-13-22-41-71)95-65-80(111-89-50-29-25-46-81(89)82-47-26-30-51-90(82)111)64-94(104(95)101)112(92)105-86(68-34-15-10-16-35-68)66-96-102(99(105)70-38-19-12-20-39-70)83-48-27-31-52-91(83)110(96)79-44-23-14-24-45-79/h10-67,101H,1-9H3/i25D,26D,29D,30D,46D,47D,50D,51D. The Balaban J connectivity index is 1.03. The molecule has 0 fully saturated rings. The third-order valence-corrected chi connectivity index (χ3v) is 23.7. The molecule has 114 heavy (non-hydrogen) atoms. The molecule has 0 saturated carbocycles. The van der Waals surface area contributed by atoms with Gasteiger partial charge in [0, 0.05) is 71.7 Å². The van der Waals surface area contributed by atoms with Crippen LogP contribution in [0.25, 0.3) is 144 Å². The van der Waals surface area contributed by atoms with Crippen molar-refractivity contribution in [2.24, 2.45) is 0 Å². The van der Waals surface area contributed by atoms with E-state index in [-0.39, 0.29) is 38.1 Å². The fourth-order valence-corrected chi connectivity index (χ4v) is 18.2. The van der Waals surface area contributed by atoms with Crippen LogP contribution in [0.2, 0.25) is 0 Å². The predicted molar refractivity (Wildman–Crippen MR) is 481 cm³/mol. The lowest BCUT2D eigenvalue weighted by Crippen LogP contribution is -2.30. The molecule has 1 unspecified atom stereocenters. The first-order valence-corrected chi connectivity index (χ1v) is 39.5. The number of para-hydroxylation sites is 5. The van der Waals surface area contributed by atoms with Crippen LogP contribution in [-0.4, -0.2) is 9.13 Å². The summed E-state index contributed by atoms with van der Waals surface area (Å²) in [6.07, 6.45) is 0. The molecule has 5 nitrogen and oxygen atoms in total. The van der Waals surface area contributed by atoms with E-state index in [0.29, 0.717) is 28.2 Å². The number of hydrogen-bond donors (Lipinski definition) is 0. The zero-order chi connectivity index (χ0) is 84.0. The average molecular weight is 1480 g/mol. The van der Waals surface area contributed by atoms with Gasteiger partial charge in [-0.15, -0.1) is 0 Å². The van der Waals surface area contributed by atoms with Crippen LogP contribution in [-0.2, 0) is 16.2 Å². The number of nitrogens with zero attached hydrogens (tertiary/aromatic N) is 4. The number of rotatable bonds is 10. The molecule has 21 rings (SSSR count). The molecule has 0 amide bonds.